The molecule has 1 saturated heterocycles. The SMILES string of the molecule is CCOc1ccc2nc(N3C(=O)C(=O)C(=C(O)c4ccc(F)cc4)C3c3ccc(O)c(OC)c3)sc2c1. The Hall–Kier alpha value is -4.44. The Kier molecular flexibility index (Phi) is 6.26. The van der Waals surface area contributed by atoms with Crippen molar-refractivity contribution in [3.05, 3.63) is 83.2 Å². The van der Waals surface area contributed by atoms with E-state index in [9.17, 15) is 24.2 Å². The molecular formula is C27H21FN2O6S. The molecule has 1 amide bonds. The third-order valence-corrected chi connectivity index (χ3v) is 6.96. The van der Waals surface area contributed by atoms with Crippen LogP contribution in [0.1, 0.15) is 24.1 Å². The van der Waals surface area contributed by atoms with Crippen molar-refractivity contribution < 1.29 is 33.7 Å². The molecule has 5 rings (SSSR count). The molecule has 10 heteroatoms. The number of aliphatic hydroxyl groups is 1. The molecule has 0 saturated carbocycles. The summed E-state index contributed by atoms with van der Waals surface area (Å²) in [7, 11) is 1.37. The van der Waals surface area contributed by atoms with Crippen molar-refractivity contribution in [2.75, 3.05) is 18.6 Å². The second-order valence-corrected chi connectivity index (χ2v) is 9.18. The number of halogens is 1. The van der Waals surface area contributed by atoms with Crippen molar-refractivity contribution in [2.45, 2.75) is 13.0 Å². The van der Waals surface area contributed by atoms with Gasteiger partial charge in [0, 0.05) is 5.56 Å². The summed E-state index contributed by atoms with van der Waals surface area (Å²) in [5, 5.41) is 21.5. The second kappa shape index (κ2) is 9.55. The number of ketones is 1. The Bertz CT molecular complexity index is 1560. The average Bonchev–Trinajstić information content (AvgIpc) is 3.42. The number of hydrogen-bond donors (Lipinski definition) is 2. The molecule has 4 aromatic rings. The average molecular weight is 521 g/mol. The Balaban J connectivity index is 1.71. The van der Waals surface area contributed by atoms with E-state index in [1.54, 1.807) is 18.2 Å². The number of hydrogen-bond acceptors (Lipinski definition) is 8. The minimum atomic E-state index is -1.09. The van der Waals surface area contributed by atoms with Gasteiger partial charge in [-0.2, -0.15) is 0 Å². The van der Waals surface area contributed by atoms with Gasteiger partial charge < -0.3 is 19.7 Å². The first-order valence-corrected chi connectivity index (χ1v) is 12.1. The van der Waals surface area contributed by atoms with Crippen molar-refractivity contribution in [2.24, 2.45) is 0 Å². The molecule has 3 aromatic carbocycles. The molecule has 1 unspecified atom stereocenters. The number of aliphatic hydroxyl groups excluding tert-OH is 1. The molecule has 0 aliphatic carbocycles. The summed E-state index contributed by atoms with van der Waals surface area (Å²) in [6.07, 6.45) is 0. The molecule has 0 radical (unpaired) electrons. The lowest BCUT2D eigenvalue weighted by Crippen LogP contribution is -2.29. The number of nitrogens with zero attached hydrogens (tertiary/aromatic N) is 2. The zero-order valence-corrected chi connectivity index (χ0v) is 20.6. The van der Waals surface area contributed by atoms with Gasteiger partial charge in [-0.25, -0.2) is 9.37 Å². The number of thiazole rings is 1. The third-order valence-electron chi connectivity index (χ3n) is 5.95. The minimum absolute atomic E-state index is 0.121. The molecule has 1 aliphatic rings. The number of ether oxygens (including phenoxy) is 2. The first kappa shape index (κ1) is 24.3. The quantitative estimate of drug-likeness (QED) is 0.205. The fourth-order valence-electron chi connectivity index (χ4n) is 4.23. The molecule has 2 N–H and O–H groups in total. The number of phenols is 1. The van der Waals surface area contributed by atoms with E-state index in [-0.39, 0.29) is 27.8 Å². The fraction of sp³-hybridized carbons (Fsp3) is 0.148. The summed E-state index contributed by atoms with van der Waals surface area (Å²) in [5.74, 6) is -2.16. The predicted molar refractivity (Wildman–Crippen MR) is 137 cm³/mol. The van der Waals surface area contributed by atoms with Crippen molar-refractivity contribution in [1.82, 2.24) is 4.98 Å². The van der Waals surface area contributed by atoms with Gasteiger partial charge in [-0.3, -0.25) is 14.5 Å². The van der Waals surface area contributed by atoms with E-state index in [4.69, 9.17) is 9.47 Å². The largest absolute Gasteiger partial charge is 0.507 e. The molecule has 2 heterocycles. The second-order valence-electron chi connectivity index (χ2n) is 8.17. The van der Waals surface area contributed by atoms with Crippen LogP contribution < -0.4 is 14.4 Å². The van der Waals surface area contributed by atoms with Crippen LogP contribution in [-0.2, 0) is 9.59 Å². The van der Waals surface area contributed by atoms with Gasteiger partial charge in [0.05, 0.1) is 35.5 Å². The summed E-state index contributed by atoms with van der Waals surface area (Å²) >= 11 is 1.19. The predicted octanol–water partition coefficient (Wildman–Crippen LogP) is 5.17. The Morgan fingerprint density at radius 1 is 1.11 bits per heavy atom. The molecule has 0 spiro atoms. The third kappa shape index (κ3) is 4.25. The van der Waals surface area contributed by atoms with Gasteiger partial charge in [0.1, 0.15) is 17.3 Å². The molecule has 0 bridgehead atoms. The van der Waals surface area contributed by atoms with Crippen LogP contribution >= 0.6 is 11.3 Å². The Morgan fingerprint density at radius 2 is 1.86 bits per heavy atom. The van der Waals surface area contributed by atoms with Gasteiger partial charge in [0.15, 0.2) is 16.6 Å². The Labute approximate surface area is 214 Å². The number of aromatic hydroxyl groups is 1. The summed E-state index contributed by atoms with van der Waals surface area (Å²) in [5.41, 5.74) is 0.970. The number of rotatable bonds is 6. The van der Waals surface area contributed by atoms with Gasteiger partial charge in [-0.05, 0) is 67.1 Å². The van der Waals surface area contributed by atoms with Crippen LogP contribution in [0, 0.1) is 5.82 Å². The lowest BCUT2D eigenvalue weighted by Gasteiger charge is -2.23. The van der Waals surface area contributed by atoms with Gasteiger partial charge in [-0.1, -0.05) is 17.4 Å². The topological polar surface area (TPSA) is 109 Å². The molecule has 1 aromatic heterocycles. The highest BCUT2D eigenvalue weighted by atomic mass is 32.1. The van der Waals surface area contributed by atoms with Crippen LogP contribution in [0.3, 0.4) is 0 Å². The zero-order valence-electron chi connectivity index (χ0n) is 19.8. The molecule has 37 heavy (non-hydrogen) atoms. The van der Waals surface area contributed by atoms with E-state index < -0.39 is 29.3 Å². The van der Waals surface area contributed by atoms with E-state index in [1.807, 2.05) is 6.92 Å². The summed E-state index contributed by atoms with van der Waals surface area (Å²) in [6.45, 7) is 2.35. The summed E-state index contributed by atoms with van der Waals surface area (Å²) in [4.78, 5) is 32.5. The number of Topliss-reactive ketones (excluding diaryl/α,β-unsaturated/α-hetero) is 1. The molecule has 8 nitrogen and oxygen atoms in total. The van der Waals surface area contributed by atoms with E-state index in [0.29, 0.717) is 23.4 Å². The molecular weight excluding hydrogens is 499 g/mol. The number of methoxy groups -OCH3 is 1. The first-order chi connectivity index (χ1) is 17.8. The van der Waals surface area contributed by atoms with Crippen molar-refractivity contribution in [3.8, 4) is 17.2 Å². The maximum atomic E-state index is 13.5. The summed E-state index contributed by atoms with van der Waals surface area (Å²) in [6, 6.07) is 13.5. The first-order valence-electron chi connectivity index (χ1n) is 11.3. The number of anilines is 1. The lowest BCUT2D eigenvalue weighted by atomic mass is 9.95. The number of phenolic OH excluding ortho intramolecular Hbond substituents is 1. The van der Waals surface area contributed by atoms with Gasteiger partial charge >= 0.3 is 5.91 Å². The van der Waals surface area contributed by atoms with E-state index >= 15 is 0 Å². The molecule has 1 fully saturated rings. The molecule has 1 atom stereocenters. The number of amides is 1. The number of carbonyl (C=O) groups is 2. The standard InChI is InChI=1S/C27H21FN2O6S/c1-3-36-17-9-10-18-21(13-17)37-27(29-18)30-23(15-6-11-19(31)20(12-15)35-2)22(25(33)26(30)34)24(32)14-4-7-16(28)8-5-14/h4-13,23,31-32H,3H2,1-2H3. The minimum Gasteiger partial charge on any atom is -0.507 e. The van der Waals surface area contributed by atoms with Crippen molar-refractivity contribution in [1.29, 1.82) is 0 Å². The van der Waals surface area contributed by atoms with E-state index in [2.05, 4.69) is 4.98 Å². The summed E-state index contributed by atoms with van der Waals surface area (Å²) < 4.78 is 25.0. The normalized spacial score (nSPS) is 16.9. The van der Waals surface area contributed by atoms with Crippen LogP contribution in [0.25, 0.3) is 16.0 Å². The molecule has 1 aliphatic heterocycles. The number of benzene rings is 3. The van der Waals surface area contributed by atoms with Crippen LogP contribution in [0.4, 0.5) is 9.52 Å². The highest BCUT2D eigenvalue weighted by Gasteiger charge is 2.48. The van der Waals surface area contributed by atoms with E-state index in [0.717, 1.165) is 16.8 Å². The van der Waals surface area contributed by atoms with E-state index in [1.165, 1.54) is 53.7 Å². The molecule has 188 valence electrons. The monoisotopic (exact) mass is 520 g/mol. The van der Waals surface area contributed by atoms with Crippen LogP contribution in [0.2, 0.25) is 0 Å². The van der Waals surface area contributed by atoms with Crippen LogP contribution in [-0.4, -0.2) is 40.6 Å². The van der Waals surface area contributed by atoms with Crippen molar-refractivity contribution in [3.63, 3.8) is 0 Å². The zero-order chi connectivity index (χ0) is 26.3. The van der Waals surface area contributed by atoms with Crippen LogP contribution in [0.5, 0.6) is 17.2 Å². The highest BCUT2D eigenvalue weighted by molar-refractivity contribution is 7.22. The van der Waals surface area contributed by atoms with Crippen LogP contribution in [0.15, 0.2) is 66.2 Å². The lowest BCUT2D eigenvalue weighted by molar-refractivity contribution is -0.132. The van der Waals surface area contributed by atoms with Crippen molar-refractivity contribution >= 4 is 44.1 Å². The van der Waals surface area contributed by atoms with Gasteiger partial charge in [0.25, 0.3) is 5.78 Å². The van der Waals surface area contributed by atoms with Gasteiger partial charge in [-0.15, -0.1) is 0 Å². The number of carbonyl (C=O) groups excluding carboxylic acids is 2. The van der Waals surface area contributed by atoms with Gasteiger partial charge in [0.2, 0.25) is 0 Å². The smallest absolute Gasteiger partial charge is 0.301 e. The highest BCUT2D eigenvalue weighted by Crippen LogP contribution is 2.46. The maximum Gasteiger partial charge on any atom is 0.301 e. The fourth-order valence-corrected chi connectivity index (χ4v) is 5.25. The number of fused-ring (bicyclic) bond motifs is 1. The Morgan fingerprint density at radius 3 is 2.57 bits per heavy atom. The maximum absolute atomic E-state index is 13.5. The number of aromatic nitrogens is 1.